The largest absolute Gasteiger partial charge is 0.389 e. The minimum Gasteiger partial charge on any atom is -0.389 e. The fourth-order valence-electron chi connectivity index (χ4n) is 3.83. The van der Waals surface area contributed by atoms with Crippen LogP contribution in [0.15, 0.2) is 24.5 Å². The first-order valence-electron chi connectivity index (χ1n) is 8.33. The Balaban J connectivity index is 0.00000176. The maximum absolute atomic E-state index is 11.2. The summed E-state index contributed by atoms with van der Waals surface area (Å²) >= 11 is 0. The predicted molar refractivity (Wildman–Crippen MR) is 106 cm³/mol. The highest BCUT2D eigenvalue weighted by atomic mass is 35.5. The van der Waals surface area contributed by atoms with Crippen LogP contribution in [0.3, 0.4) is 0 Å². The lowest BCUT2D eigenvalue weighted by Gasteiger charge is -2.42. The van der Waals surface area contributed by atoms with Crippen molar-refractivity contribution in [2.24, 2.45) is 0 Å². The summed E-state index contributed by atoms with van der Waals surface area (Å²) in [6, 6.07) is 4.12. The zero-order valence-corrected chi connectivity index (χ0v) is 16.5. The van der Waals surface area contributed by atoms with Gasteiger partial charge in [0, 0.05) is 51.0 Å². The molecule has 0 spiro atoms. The van der Waals surface area contributed by atoms with Gasteiger partial charge < -0.3 is 15.3 Å². The third kappa shape index (κ3) is 6.01. The molecule has 0 aromatic carbocycles. The van der Waals surface area contributed by atoms with Crippen LogP contribution in [0.5, 0.6) is 0 Å². The number of piperazine rings is 1. The van der Waals surface area contributed by atoms with Crippen molar-refractivity contribution in [1.29, 1.82) is 0 Å². The van der Waals surface area contributed by atoms with Crippen LogP contribution < -0.4 is 5.32 Å². The van der Waals surface area contributed by atoms with E-state index >= 15 is 0 Å². The Morgan fingerprint density at radius 1 is 1.12 bits per heavy atom. The van der Waals surface area contributed by atoms with Crippen LogP contribution in [0.4, 0.5) is 0 Å². The molecule has 1 aliphatic carbocycles. The normalized spacial score (nSPS) is 21.5. The van der Waals surface area contributed by atoms with Gasteiger partial charge in [0.15, 0.2) is 0 Å². The summed E-state index contributed by atoms with van der Waals surface area (Å²) in [6.45, 7) is 5.21. The van der Waals surface area contributed by atoms with Gasteiger partial charge in [0.2, 0.25) is 0 Å². The van der Waals surface area contributed by atoms with E-state index in [2.05, 4.69) is 21.3 Å². The molecular formula is C17H30Cl3N3O. The molecule has 0 amide bonds. The molecule has 4 nitrogen and oxygen atoms in total. The summed E-state index contributed by atoms with van der Waals surface area (Å²) in [5, 5.41) is 14.6. The summed E-state index contributed by atoms with van der Waals surface area (Å²) in [5.74, 6) is 0.185. The Labute approximate surface area is 164 Å². The average molecular weight is 399 g/mol. The number of halogens is 3. The van der Waals surface area contributed by atoms with E-state index in [9.17, 15) is 5.11 Å². The van der Waals surface area contributed by atoms with Crippen LogP contribution in [-0.2, 0) is 0 Å². The monoisotopic (exact) mass is 397 g/mol. The van der Waals surface area contributed by atoms with Gasteiger partial charge >= 0.3 is 0 Å². The lowest BCUT2D eigenvalue weighted by Crippen LogP contribution is -2.49. The molecule has 1 aromatic rings. The van der Waals surface area contributed by atoms with Crippen molar-refractivity contribution in [3.63, 3.8) is 0 Å². The quantitative estimate of drug-likeness (QED) is 0.818. The topological polar surface area (TPSA) is 48.4 Å². The molecule has 24 heavy (non-hydrogen) atoms. The molecule has 140 valence electrons. The maximum atomic E-state index is 11.2. The van der Waals surface area contributed by atoms with Crippen molar-refractivity contribution in [3.8, 4) is 0 Å². The second-order valence-corrected chi connectivity index (χ2v) is 6.55. The van der Waals surface area contributed by atoms with E-state index in [1.54, 1.807) is 0 Å². The third-order valence-corrected chi connectivity index (χ3v) is 5.11. The van der Waals surface area contributed by atoms with Gasteiger partial charge in [-0.15, -0.1) is 37.2 Å². The molecular weight excluding hydrogens is 369 g/mol. The molecule has 2 aliphatic rings. The lowest BCUT2D eigenvalue weighted by molar-refractivity contribution is -0.0317. The second kappa shape index (κ2) is 11.5. The van der Waals surface area contributed by atoms with Gasteiger partial charge in [-0.05, 0) is 24.5 Å². The molecule has 1 saturated heterocycles. The van der Waals surface area contributed by atoms with E-state index in [1.165, 1.54) is 12.0 Å². The smallest absolute Gasteiger partial charge is 0.0728 e. The number of rotatable bonds is 4. The summed E-state index contributed by atoms with van der Waals surface area (Å²) in [7, 11) is 0. The standard InChI is InChI=1S/C17H27N3O.3ClH/c21-17(6-2-1-3-7-17)16(15-5-4-8-19-13-15)14-20-11-9-18-10-12-20;;;/h4-5,8,13,16,18,21H,1-3,6-7,9-12,14H2;3*1H. The maximum Gasteiger partial charge on any atom is 0.0728 e. The Morgan fingerprint density at radius 2 is 1.79 bits per heavy atom. The van der Waals surface area contributed by atoms with Crippen LogP contribution >= 0.6 is 37.2 Å². The molecule has 1 aliphatic heterocycles. The fourth-order valence-corrected chi connectivity index (χ4v) is 3.83. The molecule has 1 aromatic heterocycles. The van der Waals surface area contributed by atoms with E-state index < -0.39 is 5.60 Å². The van der Waals surface area contributed by atoms with Gasteiger partial charge in [-0.3, -0.25) is 4.98 Å². The Kier molecular flexibility index (Phi) is 11.5. The zero-order valence-electron chi connectivity index (χ0n) is 14.0. The first kappa shape index (κ1) is 23.9. The molecule has 0 bridgehead atoms. The number of hydrogen-bond donors (Lipinski definition) is 2. The van der Waals surface area contributed by atoms with Crippen molar-refractivity contribution < 1.29 is 5.11 Å². The molecule has 3 rings (SSSR count). The third-order valence-electron chi connectivity index (χ3n) is 5.11. The summed E-state index contributed by atoms with van der Waals surface area (Å²) < 4.78 is 0. The highest BCUT2D eigenvalue weighted by Crippen LogP contribution is 2.40. The van der Waals surface area contributed by atoms with Gasteiger partial charge in [0.05, 0.1) is 5.60 Å². The SMILES string of the molecule is Cl.Cl.Cl.OC1(C(CN2CCNCC2)c2cccnc2)CCCCC1. The molecule has 0 radical (unpaired) electrons. The van der Waals surface area contributed by atoms with E-state index in [0.29, 0.717) is 0 Å². The van der Waals surface area contributed by atoms with Crippen molar-refractivity contribution in [3.05, 3.63) is 30.1 Å². The minimum atomic E-state index is -0.549. The van der Waals surface area contributed by atoms with E-state index in [0.717, 1.165) is 58.4 Å². The molecule has 2 fully saturated rings. The van der Waals surface area contributed by atoms with Crippen LogP contribution in [0.2, 0.25) is 0 Å². The Bertz CT molecular complexity index is 438. The molecule has 1 unspecified atom stereocenters. The van der Waals surface area contributed by atoms with Gasteiger partial charge in [-0.2, -0.15) is 0 Å². The zero-order chi connectivity index (χ0) is 14.5. The van der Waals surface area contributed by atoms with Crippen molar-refractivity contribution in [2.45, 2.75) is 43.6 Å². The number of hydrogen-bond acceptors (Lipinski definition) is 4. The van der Waals surface area contributed by atoms with Crippen LogP contribution in [0, 0.1) is 0 Å². The molecule has 2 N–H and O–H groups in total. The van der Waals surface area contributed by atoms with Gasteiger partial charge in [-0.1, -0.05) is 25.3 Å². The average Bonchev–Trinajstić information content (AvgIpc) is 2.55. The van der Waals surface area contributed by atoms with Crippen molar-refractivity contribution in [1.82, 2.24) is 15.2 Å². The van der Waals surface area contributed by atoms with Gasteiger partial charge in [-0.25, -0.2) is 0 Å². The van der Waals surface area contributed by atoms with E-state index in [-0.39, 0.29) is 43.1 Å². The highest BCUT2D eigenvalue weighted by Gasteiger charge is 2.39. The van der Waals surface area contributed by atoms with Crippen LogP contribution in [0.25, 0.3) is 0 Å². The minimum absolute atomic E-state index is 0. The van der Waals surface area contributed by atoms with Crippen LogP contribution in [-0.4, -0.2) is 53.3 Å². The second-order valence-electron chi connectivity index (χ2n) is 6.55. The number of nitrogens with one attached hydrogen (secondary N) is 1. The Hall–Kier alpha value is -0.100. The fraction of sp³-hybridized carbons (Fsp3) is 0.706. The number of aliphatic hydroxyl groups is 1. The van der Waals surface area contributed by atoms with Gasteiger partial charge in [0.1, 0.15) is 0 Å². The highest BCUT2D eigenvalue weighted by molar-refractivity contribution is 5.86. The predicted octanol–water partition coefficient (Wildman–Crippen LogP) is 3.03. The van der Waals surface area contributed by atoms with Crippen LogP contribution in [0.1, 0.15) is 43.6 Å². The summed E-state index contributed by atoms with van der Waals surface area (Å²) in [6.07, 6.45) is 9.17. The Morgan fingerprint density at radius 3 is 2.38 bits per heavy atom. The van der Waals surface area contributed by atoms with Crippen molar-refractivity contribution >= 4 is 37.2 Å². The molecule has 2 heterocycles. The number of pyridine rings is 1. The number of aromatic nitrogens is 1. The summed E-state index contributed by atoms with van der Waals surface area (Å²) in [5.41, 5.74) is 0.645. The molecule has 7 heteroatoms. The lowest BCUT2D eigenvalue weighted by atomic mass is 9.73. The first-order valence-corrected chi connectivity index (χ1v) is 8.33. The number of nitrogens with zero attached hydrogens (tertiary/aromatic N) is 2. The molecule has 1 saturated carbocycles. The molecule has 1 atom stereocenters. The first-order chi connectivity index (χ1) is 10.3. The summed E-state index contributed by atoms with van der Waals surface area (Å²) in [4.78, 5) is 6.77. The van der Waals surface area contributed by atoms with Gasteiger partial charge in [0.25, 0.3) is 0 Å². The van der Waals surface area contributed by atoms with E-state index in [4.69, 9.17) is 0 Å². The van der Waals surface area contributed by atoms with E-state index in [1.807, 2.05) is 18.5 Å². The van der Waals surface area contributed by atoms with Crippen molar-refractivity contribution in [2.75, 3.05) is 32.7 Å².